The highest BCUT2D eigenvalue weighted by molar-refractivity contribution is 5.95. The summed E-state index contributed by atoms with van der Waals surface area (Å²) < 4.78 is 6.93. The summed E-state index contributed by atoms with van der Waals surface area (Å²) in [5, 5.41) is 13.6. The quantitative estimate of drug-likeness (QED) is 0.538. The molecule has 0 saturated heterocycles. The van der Waals surface area contributed by atoms with Crippen molar-refractivity contribution in [2.45, 2.75) is 6.61 Å². The molecule has 4 aromatic rings. The SMILES string of the molecule is O=C(OCc1nnnn1-c1ccccc1)c1ccc2ccccc2c1. The first kappa shape index (κ1) is 15.0. The van der Waals surface area contributed by atoms with Gasteiger partial charge in [0, 0.05) is 0 Å². The maximum atomic E-state index is 12.3. The molecule has 0 aliphatic rings. The number of fused-ring (bicyclic) bond motifs is 1. The Labute approximate surface area is 143 Å². The molecule has 0 bridgehead atoms. The summed E-state index contributed by atoms with van der Waals surface area (Å²) >= 11 is 0. The molecule has 0 N–H and O–H groups in total. The fourth-order valence-corrected chi connectivity index (χ4v) is 2.60. The van der Waals surface area contributed by atoms with Crippen molar-refractivity contribution in [2.75, 3.05) is 0 Å². The lowest BCUT2D eigenvalue weighted by Gasteiger charge is -2.07. The number of hydrogen-bond acceptors (Lipinski definition) is 5. The first-order valence-corrected chi connectivity index (χ1v) is 7.80. The number of rotatable bonds is 4. The molecule has 0 saturated carbocycles. The van der Waals surface area contributed by atoms with Gasteiger partial charge in [-0.05, 0) is 45.5 Å². The third-order valence-electron chi connectivity index (χ3n) is 3.85. The van der Waals surface area contributed by atoms with Gasteiger partial charge in [-0.15, -0.1) is 5.10 Å². The van der Waals surface area contributed by atoms with Gasteiger partial charge in [0.25, 0.3) is 0 Å². The fraction of sp³-hybridized carbons (Fsp3) is 0.0526. The average Bonchev–Trinajstić information content (AvgIpc) is 3.15. The van der Waals surface area contributed by atoms with Crippen LogP contribution in [0, 0.1) is 0 Å². The summed E-state index contributed by atoms with van der Waals surface area (Å²) in [7, 11) is 0. The lowest BCUT2D eigenvalue weighted by Crippen LogP contribution is -2.10. The Morgan fingerprint density at radius 2 is 1.68 bits per heavy atom. The minimum absolute atomic E-state index is 0.00639. The molecule has 3 aromatic carbocycles. The Morgan fingerprint density at radius 1 is 0.920 bits per heavy atom. The second-order valence-electron chi connectivity index (χ2n) is 5.48. The van der Waals surface area contributed by atoms with Gasteiger partial charge >= 0.3 is 5.97 Å². The molecule has 122 valence electrons. The lowest BCUT2D eigenvalue weighted by molar-refractivity contribution is 0.0459. The first-order chi connectivity index (χ1) is 12.3. The van der Waals surface area contributed by atoms with Crippen LogP contribution in [-0.4, -0.2) is 26.2 Å². The van der Waals surface area contributed by atoms with E-state index in [1.165, 1.54) is 0 Å². The van der Waals surface area contributed by atoms with E-state index in [0.717, 1.165) is 16.5 Å². The molecule has 0 aliphatic carbocycles. The molecular formula is C19H14N4O2. The Morgan fingerprint density at radius 3 is 2.52 bits per heavy atom. The fourth-order valence-electron chi connectivity index (χ4n) is 2.60. The van der Waals surface area contributed by atoms with Gasteiger partial charge in [-0.3, -0.25) is 0 Å². The molecule has 0 atom stereocenters. The maximum Gasteiger partial charge on any atom is 0.338 e. The van der Waals surface area contributed by atoms with Crippen LogP contribution >= 0.6 is 0 Å². The molecule has 25 heavy (non-hydrogen) atoms. The molecule has 0 spiro atoms. The van der Waals surface area contributed by atoms with Crippen molar-refractivity contribution in [3.05, 3.63) is 84.2 Å². The van der Waals surface area contributed by atoms with Gasteiger partial charge in [-0.1, -0.05) is 48.5 Å². The van der Waals surface area contributed by atoms with E-state index in [1.54, 1.807) is 10.7 Å². The molecule has 0 radical (unpaired) electrons. The molecule has 0 fully saturated rings. The topological polar surface area (TPSA) is 69.9 Å². The summed E-state index contributed by atoms with van der Waals surface area (Å²) in [6.07, 6.45) is 0. The standard InChI is InChI=1S/C19H14N4O2/c24-19(16-11-10-14-6-4-5-7-15(14)12-16)25-13-18-20-21-22-23(18)17-8-2-1-3-9-17/h1-12H,13H2. The third-order valence-corrected chi connectivity index (χ3v) is 3.85. The van der Waals surface area contributed by atoms with Gasteiger partial charge in [0.05, 0.1) is 11.3 Å². The number of esters is 1. The molecule has 1 heterocycles. The van der Waals surface area contributed by atoms with Crippen molar-refractivity contribution < 1.29 is 9.53 Å². The molecule has 0 unspecified atom stereocenters. The van der Waals surface area contributed by atoms with E-state index < -0.39 is 5.97 Å². The molecule has 6 nitrogen and oxygen atoms in total. The van der Waals surface area contributed by atoms with E-state index in [-0.39, 0.29) is 6.61 Å². The summed E-state index contributed by atoms with van der Waals surface area (Å²) in [5.41, 5.74) is 1.31. The number of ether oxygens (including phenoxy) is 1. The third kappa shape index (κ3) is 3.10. The van der Waals surface area contributed by atoms with Gasteiger partial charge in [-0.2, -0.15) is 4.68 Å². The maximum absolute atomic E-state index is 12.3. The minimum Gasteiger partial charge on any atom is -0.454 e. The van der Waals surface area contributed by atoms with E-state index in [2.05, 4.69) is 15.5 Å². The van der Waals surface area contributed by atoms with Crippen molar-refractivity contribution in [1.29, 1.82) is 0 Å². The highest BCUT2D eigenvalue weighted by atomic mass is 16.5. The average molecular weight is 330 g/mol. The van der Waals surface area contributed by atoms with Crippen LogP contribution in [0.15, 0.2) is 72.8 Å². The summed E-state index contributed by atoms with van der Waals surface area (Å²) in [5.74, 6) is 0.0497. The smallest absolute Gasteiger partial charge is 0.338 e. The summed E-state index contributed by atoms with van der Waals surface area (Å²) in [6, 6.07) is 22.8. The van der Waals surface area contributed by atoms with Gasteiger partial charge in [0.1, 0.15) is 0 Å². The molecule has 0 aliphatic heterocycles. The minimum atomic E-state index is -0.409. The van der Waals surface area contributed by atoms with Crippen LogP contribution in [0.4, 0.5) is 0 Å². The van der Waals surface area contributed by atoms with Crippen LogP contribution < -0.4 is 0 Å². The van der Waals surface area contributed by atoms with Crippen molar-refractivity contribution >= 4 is 16.7 Å². The number of para-hydroxylation sites is 1. The Hall–Kier alpha value is -3.54. The number of tetrazole rings is 1. The summed E-state index contributed by atoms with van der Waals surface area (Å²) in [4.78, 5) is 12.3. The van der Waals surface area contributed by atoms with Crippen LogP contribution in [0.1, 0.15) is 16.2 Å². The lowest BCUT2D eigenvalue weighted by atomic mass is 10.1. The molecule has 4 rings (SSSR count). The molecule has 1 aromatic heterocycles. The Kier molecular flexibility index (Phi) is 3.92. The predicted molar refractivity (Wildman–Crippen MR) is 92.2 cm³/mol. The zero-order chi connectivity index (χ0) is 17.1. The van der Waals surface area contributed by atoms with Gasteiger partial charge in [0.15, 0.2) is 12.4 Å². The zero-order valence-corrected chi connectivity index (χ0v) is 13.2. The van der Waals surface area contributed by atoms with Gasteiger partial charge in [-0.25, -0.2) is 4.79 Å². The first-order valence-electron chi connectivity index (χ1n) is 7.80. The number of nitrogens with zero attached hydrogens (tertiary/aromatic N) is 4. The van der Waals surface area contributed by atoms with E-state index in [0.29, 0.717) is 11.4 Å². The van der Waals surface area contributed by atoms with E-state index in [4.69, 9.17) is 4.74 Å². The van der Waals surface area contributed by atoms with Crippen molar-refractivity contribution in [1.82, 2.24) is 20.2 Å². The van der Waals surface area contributed by atoms with Crippen molar-refractivity contribution in [3.8, 4) is 5.69 Å². The Bertz CT molecular complexity index is 1030. The number of hydrogen-bond donors (Lipinski definition) is 0. The number of carbonyl (C=O) groups excluding carboxylic acids is 1. The Balaban J connectivity index is 1.51. The number of benzene rings is 3. The van der Waals surface area contributed by atoms with Crippen molar-refractivity contribution in [3.63, 3.8) is 0 Å². The van der Waals surface area contributed by atoms with E-state index >= 15 is 0 Å². The zero-order valence-electron chi connectivity index (χ0n) is 13.2. The number of aromatic nitrogens is 4. The molecular weight excluding hydrogens is 316 g/mol. The van der Waals surface area contributed by atoms with E-state index in [9.17, 15) is 4.79 Å². The number of carbonyl (C=O) groups is 1. The molecule has 6 heteroatoms. The highest BCUT2D eigenvalue weighted by Crippen LogP contribution is 2.17. The van der Waals surface area contributed by atoms with Crippen LogP contribution in [0.3, 0.4) is 0 Å². The van der Waals surface area contributed by atoms with Crippen LogP contribution in [0.5, 0.6) is 0 Å². The molecule has 0 amide bonds. The van der Waals surface area contributed by atoms with Crippen LogP contribution in [0.25, 0.3) is 16.5 Å². The van der Waals surface area contributed by atoms with Gasteiger partial charge in [0.2, 0.25) is 0 Å². The van der Waals surface area contributed by atoms with E-state index in [1.807, 2.05) is 66.7 Å². The largest absolute Gasteiger partial charge is 0.454 e. The van der Waals surface area contributed by atoms with Crippen LogP contribution in [-0.2, 0) is 11.3 Å². The monoisotopic (exact) mass is 330 g/mol. The van der Waals surface area contributed by atoms with Crippen molar-refractivity contribution in [2.24, 2.45) is 0 Å². The summed E-state index contributed by atoms with van der Waals surface area (Å²) in [6.45, 7) is -0.00639. The second-order valence-corrected chi connectivity index (χ2v) is 5.48. The van der Waals surface area contributed by atoms with Gasteiger partial charge < -0.3 is 4.74 Å². The predicted octanol–water partition coefficient (Wildman–Crippen LogP) is 3.17. The van der Waals surface area contributed by atoms with Crippen LogP contribution in [0.2, 0.25) is 0 Å². The normalized spacial score (nSPS) is 10.7. The highest BCUT2D eigenvalue weighted by Gasteiger charge is 2.13. The second kappa shape index (κ2) is 6.52.